The summed E-state index contributed by atoms with van der Waals surface area (Å²) in [7, 11) is 0. The smallest absolute Gasteiger partial charge is 0.325 e. The molecular formula is C17H19N3O2S. The summed E-state index contributed by atoms with van der Waals surface area (Å²) in [6, 6.07) is 8.87. The van der Waals surface area contributed by atoms with E-state index in [-0.39, 0.29) is 18.5 Å². The van der Waals surface area contributed by atoms with Gasteiger partial charge in [0.25, 0.3) is 5.91 Å². The topological polar surface area (TPSA) is 62.3 Å². The normalized spacial score (nSPS) is 17.9. The number of aromatic nitrogens is 1. The Hall–Kier alpha value is -2.21. The molecule has 2 aromatic rings. The molecule has 6 heteroatoms. The van der Waals surface area contributed by atoms with E-state index in [0.717, 1.165) is 16.3 Å². The van der Waals surface area contributed by atoms with E-state index in [1.165, 1.54) is 4.90 Å². The van der Waals surface area contributed by atoms with Crippen LogP contribution in [0.1, 0.15) is 36.0 Å². The summed E-state index contributed by atoms with van der Waals surface area (Å²) in [6.45, 7) is 4.39. The van der Waals surface area contributed by atoms with Gasteiger partial charge >= 0.3 is 6.03 Å². The van der Waals surface area contributed by atoms with Crippen LogP contribution in [0.4, 0.5) is 4.79 Å². The zero-order valence-corrected chi connectivity index (χ0v) is 14.0. The molecule has 1 fully saturated rings. The molecule has 0 bridgehead atoms. The monoisotopic (exact) mass is 329 g/mol. The Bertz CT molecular complexity index is 712. The van der Waals surface area contributed by atoms with Gasteiger partial charge in [-0.05, 0) is 5.56 Å². The Morgan fingerprint density at radius 1 is 1.26 bits per heavy atom. The molecule has 0 spiro atoms. The van der Waals surface area contributed by atoms with Gasteiger partial charge in [-0.1, -0.05) is 44.2 Å². The summed E-state index contributed by atoms with van der Waals surface area (Å²) < 4.78 is 0. The van der Waals surface area contributed by atoms with E-state index in [1.807, 2.05) is 35.7 Å². The van der Waals surface area contributed by atoms with Crippen molar-refractivity contribution in [2.24, 2.45) is 0 Å². The fourth-order valence-corrected chi connectivity index (χ4v) is 3.36. The number of carbonyl (C=O) groups is 2. The van der Waals surface area contributed by atoms with Crippen LogP contribution in [0.25, 0.3) is 0 Å². The molecule has 120 valence electrons. The summed E-state index contributed by atoms with van der Waals surface area (Å²) >= 11 is 1.57. The van der Waals surface area contributed by atoms with Crippen molar-refractivity contribution in [1.82, 2.24) is 15.2 Å². The average Bonchev–Trinajstić information content (AvgIpc) is 3.10. The molecule has 1 aromatic carbocycles. The molecule has 0 aliphatic carbocycles. The maximum atomic E-state index is 12.5. The lowest BCUT2D eigenvalue weighted by molar-refractivity contribution is -0.127. The standard InChI is InChI=1S/C17H19N3O2S/c1-11(2)15-18-13(10-23-15)9-20-16(21)14(19-17(20)22)8-12-6-4-3-5-7-12/h3-7,10-11,14H,8-9H2,1-2H3,(H,19,22)/t14-/m0/s1. The van der Waals surface area contributed by atoms with Gasteiger partial charge in [-0.3, -0.25) is 9.69 Å². The number of amides is 3. The molecule has 2 heterocycles. The van der Waals surface area contributed by atoms with E-state index in [1.54, 1.807) is 11.3 Å². The summed E-state index contributed by atoms with van der Waals surface area (Å²) in [4.78, 5) is 30.3. The van der Waals surface area contributed by atoms with Gasteiger partial charge in [0.05, 0.1) is 17.2 Å². The molecule has 1 aliphatic rings. The largest absolute Gasteiger partial charge is 0.325 e. The first-order valence-electron chi connectivity index (χ1n) is 7.64. The third-order valence-corrected chi connectivity index (χ3v) is 4.97. The van der Waals surface area contributed by atoms with Crippen LogP contribution in [-0.4, -0.2) is 27.9 Å². The van der Waals surface area contributed by atoms with Crippen LogP contribution in [0.15, 0.2) is 35.7 Å². The number of carbonyl (C=O) groups excluding carboxylic acids is 2. The number of hydrogen-bond acceptors (Lipinski definition) is 4. The van der Waals surface area contributed by atoms with Gasteiger partial charge < -0.3 is 5.32 Å². The Kier molecular flexibility index (Phi) is 4.43. The van der Waals surface area contributed by atoms with Crippen LogP contribution >= 0.6 is 11.3 Å². The Morgan fingerprint density at radius 3 is 2.65 bits per heavy atom. The Morgan fingerprint density at radius 2 is 2.00 bits per heavy atom. The highest BCUT2D eigenvalue weighted by Crippen LogP contribution is 2.21. The number of hydrogen-bond donors (Lipinski definition) is 1. The molecule has 1 aromatic heterocycles. The van der Waals surface area contributed by atoms with Crippen molar-refractivity contribution in [3.63, 3.8) is 0 Å². The maximum absolute atomic E-state index is 12.5. The molecule has 1 aliphatic heterocycles. The fourth-order valence-electron chi connectivity index (χ4n) is 2.54. The minimum atomic E-state index is -0.492. The van der Waals surface area contributed by atoms with Gasteiger partial charge in [-0.15, -0.1) is 11.3 Å². The Labute approximate surface area is 139 Å². The minimum Gasteiger partial charge on any atom is -0.325 e. The van der Waals surface area contributed by atoms with E-state index >= 15 is 0 Å². The van der Waals surface area contributed by atoms with Crippen molar-refractivity contribution >= 4 is 23.3 Å². The Balaban J connectivity index is 1.68. The van der Waals surface area contributed by atoms with Crippen LogP contribution in [0.5, 0.6) is 0 Å². The number of thiazole rings is 1. The lowest BCUT2D eigenvalue weighted by Crippen LogP contribution is -2.32. The van der Waals surface area contributed by atoms with Gasteiger partial charge in [0.1, 0.15) is 6.04 Å². The quantitative estimate of drug-likeness (QED) is 0.858. The van der Waals surface area contributed by atoms with Crippen molar-refractivity contribution in [2.45, 2.75) is 38.8 Å². The summed E-state index contributed by atoms with van der Waals surface area (Å²) in [6.07, 6.45) is 0.510. The number of imide groups is 1. The third-order valence-electron chi connectivity index (χ3n) is 3.77. The number of nitrogens with one attached hydrogen (secondary N) is 1. The maximum Gasteiger partial charge on any atom is 0.325 e. The number of nitrogens with zero attached hydrogens (tertiary/aromatic N) is 2. The van der Waals surface area contributed by atoms with Crippen LogP contribution in [-0.2, 0) is 17.8 Å². The predicted octanol–water partition coefficient (Wildman–Crippen LogP) is 2.93. The molecule has 23 heavy (non-hydrogen) atoms. The minimum absolute atomic E-state index is 0.182. The van der Waals surface area contributed by atoms with Gasteiger partial charge in [0.15, 0.2) is 0 Å². The summed E-state index contributed by atoms with van der Waals surface area (Å²) in [5.74, 6) is 0.167. The molecule has 1 saturated heterocycles. The molecule has 1 N–H and O–H groups in total. The molecule has 3 rings (SSSR count). The molecule has 3 amide bonds. The third kappa shape index (κ3) is 3.42. The second-order valence-electron chi connectivity index (χ2n) is 5.95. The van der Waals surface area contributed by atoms with Gasteiger partial charge in [0, 0.05) is 17.7 Å². The second-order valence-corrected chi connectivity index (χ2v) is 6.84. The average molecular weight is 329 g/mol. The first-order valence-corrected chi connectivity index (χ1v) is 8.52. The lowest BCUT2D eigenvalue weighted by Gasteiger charge is -2.11. The van der Waals surface area contributed by atoms with Gasteiger partial charge in [-0.2, -0.15) is 0 Å². The molecule has 5 nitrogen and oxygen atoms in total. The van der Waals surface area contributed by atoms with Crippen LogP contribution in [0.2, 0.25) is 0 Å². The predicted molar refractivity (Wildman–Crippen MR) is 89.2 cm³/mol. The van der Waals surface area contributed by atoms with Crippen molar-refractivity contribution < 1.29 is 9.59 Å². The van der Waals surface area contributed by atoms with Crippen molar-refractivity contribution in [1.29, 1.82) is 0 Å². The van der Waals surface area contributed by atoms with E-state index in [9.17, 15) is 9.59 Å². The zero-order valence-electron chi connectivity index (χ0n) is 13.2. The summed E-state index contributed by atoms with van der Waals surface area (Å²) in [5, 5.41) is 5.70. The fraction of sp³-hybridized carbons (Fsp3) is 0.353. The molecule has 1 atom stereocenters. The van der Waals surface area contributed by atoms with Crippen molar-refractivity contribution in [2.75, 3.05) is 0 Å². The highest BCUT2D eigenvalue weighted by atomic mass is 32.1. The first-order chi connectivity index (χ1) is 11.0. The van der Waals surface area contributed by atoms with Crippen molar-refractivity contribution in [3.05, 3.63) is 52.0 Å². The molecule has 0 unspecified atom stereocenters. The van der Waals surface area contributed by atoms with Gasteiger partial charge in [0.2, 0.25) is 0 Å². The highest BCUT2D eigenvalue weighted by Gasteiger charge is 2.38. The van der Waals surface area contributed by atoms with E-state index < -0.39 is 6.04 Å². The SMILES string of the molecule is CC(C)c1nc(CN2C(=O)N[C@@H](Cc3ccccc3)C2=O)cs1. The van der Waals surface area contributed by atoms with E-state index in [2.05, 4.69) is 24.1 Å². The van der Waals surface area contributed by atoms with Crippen LogP contribution < -0.4 is 5.32 Å². The van der Waals surface area contributed by atoms with Gasteiger partial charge in [-0.25, -0.2) is 9.78 Å². The van der Waals surface area contributed by atoms with E-state index in [0.29, 0.717) is 12.3 Å². The second kappa shape index (κ2) is 6.50. The molecular weight excluding hydrogens is 310 g/mol. The number of urea groups is 1. The first kappa shape index (κ1) is 15.7. The lowest BCUT2D eigenvalue weighted by atomic mass is 10.1. The van der Waals surface area contributed by atoms with Crippen molar-refractivity contribution in [3.8, 4) is 0 Å². The summed E-state index contributed by atoms with van der Waals surface area (Å²) in [5.41, 5.74) is 1.80. The van der Waals surface area contributed by atoms with E-state index in [4.69, 9.17) is 0 Å². The van der Waals surface area contributed by atoms with Crippen LogP contribution in [0, 0.1) is 0 Å². The highest BCUT2D eigenvalue weighted by molar-refractivity contribution is 7.09. The molecule has 0 radical (unpaired) electrons. The zero-order chi connectivity index (χ0) is 16.4. The molecule has 0 saturated carbocycles. The number of rotatable bonds is 5. The van der Waals surface area contributed by atoms with Crippen LogP contribution in [0.3, 0.4) is 0 Å². The number of benzene rings is 1.